The van der Waals surface area contributed by atoms with Gasteiger partial charge in [0, 0.05) is 24.9 Å². The number of rotatable bonds is 11. The molecule has 0 atom stereocenters. The van der Waals surface area contributed by atoms with Crippen molar-refractivity contribution >= 4 is 5.69 Å². The van der Waals surface area contributed by atoms with Crippen LogP contribution in [0.5, 0.6) is 0 Å². The number of nitrogens with one attached hydrogen (secondary N) is 1. The predicted molar refractivity (Wildman–Crippen MR) is 83.6 cm³/mol. The molecule has 0 bridgehead atoms. The molecule has 0 aromatic heterocycles. The van der Waals surface area contributed by atoms with E-state index in [1.165, 1.54) is 56.2 Å². The summed E-state index contributed by atoms with van der Waals surface area (Å²) >= 11 is 0. The van der Waals surface area contributed by atoms with Gasteiger partial charge >= 0.3 is 0 Å². The molecule has 1 aromatic carbocycles. The molecule has 2 heteroatoms. The molecule has 0 saturated heterocycles. The van der Waals surface area contributed by atoms with Crippen molar-refractivity contribution in [1.29, 1.82) is 0 Å². The minimum absolute atomic E-state index is 0.681. The van der Waals surface area contributed by atoms with Gasteiger partial charge in [-0.15, -0.1) is 0 Å². The fraction of sp³-hybridized carbons (Fsp3) is 0.647. The molecule has 0 amide bonds. The van der Waals surface area contributed by atoms with Gasteiger partial charge in [-0.25, -0.2) is 0 Å². The normalized spacial score (nSPS) is 10.6. The topological polar surface area (TPSA) is 21.3 Å². The molecule has 0 aliphatic rings. The summed E-state index contributed by atoms with van der Waals surface area (Å²) in [6, 6.07) is 8.39. The molecule has 108 valence electrons. The maximum absolute atomic E-state index is 5.21. The SMILES string of the molecule is CCCCCCCCCNc1ccccc1COC. The Hall–Kier alpha value is -1.02. The molecule has 0 aliphatic heterocycles. The van der Waals surface area contributed by atoms with Gasteiger partial charge in [0.25, 0.3) is 0 Å². The lowest BCUT2D eigenvalue weighted by molar-refractivity contribution is 0.185. The van der Waals surface area contributed by atoms with Gasteiger partial charge in [0.15, 0.2) is 0 Å². The third kappa shape index (κ3) is 7.22. The summed E-state index contributed by atoms with van der Waals surface area (Å²) in [5.41, 5.74) is 2.46. The van der Waals surface area contributed by atoms with Crippen LogP contribution in [0.1, 0.15) is 57.4 Å². The molecule has 0 radical (unpaired) electrons. The molecular formula is C17H29NO. The van der Waals surface area contributed by atoms with Crippen molar-refractivity contribution in [2.24, 2.45) is 0 Å². The summed E-state index contributed by atoms with van der Waals surface area (Å²) in [6.07, 6.45) is 9.49. The summed E-state index contributed by atoms with van der Waals surface area (Å²) < 4.78 is 5.21. The summed E-state index contributed by atoms with van der Waals surface area (Å²) in [6.45, 7) is 4.01. The highest BCUT2D eigenvalue weighted by atomic mass is 16.5. The number of hydrogen-bond acceptors (Lipinski definition) is 2. The van der Waals surface area contributed by atoms with Crippen LogP contribution in [0.25, 0.3) is 0 Å². The van der Waals surface area contributed by atoms with Crippen molar-refractivity contribution in [3.05, 3.63) is 29.8 Å². The second-order valence-electron chi connectivity index (χ2n) is 5.14. The summed E-state index contributed by atoms with van der Waals surface area (Å²) in [5.74, 6) is 0. The van der Waals surface area contributed by atoms with E-state index >= 15 is 0 Å². The Balaban J connectivity index is 2.12. The van der Waals surface area contributed by atoms with Crippen molar-refractivity contribution in [3.63, 3.8) is 0 Å². The van der Waals surface area contributed by atoms with Crippen molar-refractivity contribution in [1.82, 2.24) is 0 Å². The number of para-hydroxylation sites is 1. The lowest BCUT2D eigenvalue weighted by Gasteiger charge is -2.11. The van der Waals surface area contributed by atoms with E-state index in [9.17, 15) is 0 Å². The highest BCUT2D eigenvalue weighted by Crippen LogP contribution is 2.16. The molecule has 0 saturated carbocycles. The first-order valence-corrected chi connectivity index (χ1v) is 7.69. The first kappa shape index (κ1) is 16.0. The third-order valence-corrected chi connectivity index (χ3v) is 3.41. The number of methoxy groups -OCH3 is 1. The molecule has 0 spiro atoms. The van der Waals surface area contributed by atoms with Crippen molar-refractivity contribution in [2.75, 3.05) is 19.0 Å². The Bertz CT molecular complexity index is 325. The second-order valence-corrected chi connectivity index (χ2v) is 5.14. The molecular weight excluding hydrogens is 234 g/mol. The van der Waals surface area contributed by atoms with Crippen molar-refractivity contribution < 1.29 is 4.74 Å². The molecule has 0 aliphatic carbocycles. The molecule has 1 N–H and O–H groups in total. The minimum atomic E-state index is 0.681. The van der Waals surface area contributed by atoms with Gasteiger partial charge in [-0.2, -0.15) is 0 Å². The maximum atomic E-state index is 5.21. The van der Waals surface area contributed by atoms with E-state index in [2.05, 4.69) is 36.5 Å². The molecule has 0 unspecified atom stereocenters. The first-order chi connectivity index (χ1) is 9.38. The second kappa shape index (κ2) is 10.9. The zero-order valence-corrected chi connectivity index (χ0v) is 12.6. The van der Waals surface area contributed by atoms with E-state index < -0.39 is 0 Å². The molecule has 0 heterocycles. The molecule has 2 nitrogen and oxygen atoms in total. The Labute approximate surface area is 118 Å². The summed E-state index contributed by atoms with van der Waals surface area (Å²) in [5, 5.41) is 3.52. The van der Waals surface area contributed by atoms with E-state index in [0.717, 1.165) is 6.54 Å². The van der Waals surface area contributed by atoms with E-state index in [-0.39, 0.29) is 0 Å². The van der Waals surface area contributed by atoms with E-state index in [0.29, 0.717) is 6.61 Å². The van der Waals surface area contributed by atoms with Crippen LogP contribution < -0.4 is 5.32 Å². The highest BCUT2D eigenvalue weighted by molar-refractivity contribution is 5.50. The third-order valence-electron chi connectivity index (χ3n) is 3.41. The van der Waals surface area contributed by atoms with Crippen LogP contribution in [0.4, 0.5) is 5.69 Å². The van der Waals surface area contributed by atoms with E-state index in [4.69, 9.17) is 4.74 Å². The first-order valence-electron chi connectivity index (χ1n) is 7.69. The van der Waals surface area contributed by atoms with Gasteiger partial charge in [-0.05, 0) is 12.5 Å². The molecule has 1 rings (SSSR count). The largest absolute Gasteiger partial charge is 0.385 e. The number of benzene rings is 1. The van der Waals surface area contributed by atoms with Gasteiger partial charge in [0.05, 0.1) is 6.61 Å². The minimum Gasteiger partial charge on any atom is -0.385 e. The van der Waals surface area contributed by atoms with E-state index in [1.54, 1.807) is 7.11 Å². The lowest BCUT2D eigenvalue weighted by atomic mass is 10.1. The van der Waals surface area contributed by atoms with Gasteiger partial charge in [-0.3, -0.25) is 0 Å². The van der Waals surface area contributed by atoms with Gasteiger partial charge in [0.1, 0.15) is 0 Å². The summed E-state index contributed by atoms with van der Waals surface area (Å²) in [4.78, 5) is 0. The van der Waals surface area contributed by atoms with E-state index in [1.807, 2.05) is 0 Å². The Kier molecular flexibility index (Phi) is 9.17. The van der Waals surface area contributed by atoms with Crippen molar-refractivity contribution in [3.8, 4) is 0 Å². The maximum Gasteiger partial charge on any atom is 0.0733 e. The van der Waals surface area contributed by atoms with Crippen LogP contribution in [-0.2, 0) is 11.3 Å². The van der Waals surface area contributed by atoms with Crippen LogP contribution in [-0.4, -0.2) is 13.7 Å². The number of anilines is 1. The molecule has 1 aromatic rings. The van der Waals surface area contributed by atoms with Crippen LogP contribution in [0.15, 0.2) is 24.3 Å². The zero-order valence-electron chi connectivity index (χ0n) is 12.6. The fourth-order valence-corrected chi connectivity index (χ4v) is 2.28. The lowest BCUT2D eigenvalue weighted by Crippen LogP contribution is -2.04. The Morgan fingerprint density at radius 3 is 2.37 bits per heavy atom. The average Bonchev–Trinajstić information content (AvgIpc) is 2.44. The number of ether oxygens (including phenoxy) is 1. The van der Waals surface area contributed by atoms with Crippen LogP contribution >= 0.6 is 0 Å². The Morgan fingerprint density at radius 2 is 1.63 bits per heavy atom. The highest BCUT2D eigenvalue weighted by Gasteiger charge is 1.99. The quantitative estimate of drug-likeness (QED) is 0.567. The zero-order chi connectivity index (χ0) is 13.8. The van der Waals surface area contributed by atoms with Crippen LogP contribution in [0, 0.1) is 0 Å². The van der Waals surface area contributed by atoms with Gasteiger partial charge in [0.2, 0.25) is 0 Å². The Morgan fingerprint density at radius 1 is 0.947 bits per heavy atom. The van der Waals surface area contributed by atoms with Crippen LogP contribution in [0.2, 0.25) is 0 Å². The van der Waals surface area contributed by atoms with Gasteiger partial charge in [-0.1, -0.05) is 63.6 Å². The predicted octanol–water partition coefficient (Wildman–Crippen LogP) is 5.00. The van der Waals surface area contributed by atoms with Gasteiger partial charge < -0.3 is 10.1 Å². The monoisotopic (exact) mass is 263 g/mol. The smallest absolute Gasteiger partial charge is 0.0733 e. The van der Waals surface area contributed by atoms with Crippen LogP contribution in [0.3, 0.4) is 0 Å². The number of hydrogen-bond donors (Lipinski definition) is 1. The number of unbranched alkanes of at least 4 members (excludes halogenated alkanes) is 6. The molecule has 19 heavy (non-hydrogen) atoms. The van der Waals surface area contributed by atoms with Crippen molar-refractivity contribution in [2.45, 2.75) is 58.5 Å². The fourth-order valence-electron chi connectivity index (χ4n) is 2.28. The standard InChI is InChI=1S/C17H29NO/c1-3-4-5-6-7-8-11-14-18-17-13-10-9-12-16(17)15-19-2/h9-10,12-13,18H,3-8,11,14-15H2,1-2H3. The average molecular weight is 263 g/mol. The molecule has 0 fully saturated rings. The summed E-state index contributed by atoms with van der Waals surface area (Å²) in [7, 11) is 1.74.